The van der Waals surface area contributed by atoms with E-state index in [1.165, 1.54) is 5.57 Å². The van der Waals surface area contributed by atoms with Gasteiger partial charge >= 0.3 is 6.09 Å². The van der Waals surface area contributed by atoms with Crippen LogP contribution in [0.15, 0.2) is 11.6 Å². The van der Waals surface area contributed by atoms with Gasteiger partial charge in [-0.25, -0.2) is 4.79 Å². The van der Waals surface area contributed by atoms with Gasteiger partial charge in [-0.3, -0.25) is 4.90 Å². The van der Waals surface area contributed by atoms with E-state index in [4.69, 9.17) is 4.74 Å². The maximum atomic E-state index is 12.1. The van der Waals surface area contributed by atoms with Crippen molar-refractivity contribution in [1.29, 1.82) is 0 Å². The minimum Gasteiger partial charge on any atom is -0.444 e. The monoisotopic (exact) mass is 281 g/mol. The van der Waals surface area contributed by atoms with Crippen LogP contribution < -0.4 is 5.32 Å². The van der Waals surface area contributed by atoms with Crippen LogP contribution in [-0.4, -0.2) is 67.3 Å². The lowest BCUT2D eigenvalue weighted by Gasteiger charge is -2.33. The van der Waals surface area contributed by atoms with Gasteiger partial charge in [-0.15, -0.1) is 0 Å². The summed E-state index contributed by atoms with van der Waals surface area (Å²) in [5.74, 6) is 0. The Bertz CT molecular complexity index is 368. The van der Waals surface area contributed by atoms with Crippen LogP contribution in [0, 0.1) is 0 Å². The molecule has 114 valence electrons. The van der Waals surface area contributed by atoms with E-state index in [1.54, 1.807) is 0 Å². The predicted octanol–water partition coefficient (Wildman–Crippen LogP) is 1.46. The van der Waals surface area contributed by atoms with Crippen molar-refractivity contribution in [3.8, 4) is 0 Å². The summed E-state index contributed by atoms with van der Waals surface area (Å²) in [7, 11) is 0. The molecule has 2 heterocycles. The molecule has 2 aliphatic heterocycles. The van der Waals surface area contributed by atoms with Gasteiger partial charge in [0.15, 0.2) is 0 Å². The first-order chi connectivity index (χ1) is 9.44. The largest absolute Gasteiger partial charge is 0.444 e. The van der Waals surface area contributed by atoms with Crippen molar-refractivity contribution in [3.63, 3.8) is 0 Å². The third kappa shape index (κ3) is 4.80. The highest BCUT2D eigenvalue weighted by Crippen LogP contribution is 2.16. The molecule has 1 saturated heterocycles. The summed E-state index contributed by atoms with van der Waals surface area (Å²) < 4.78 is 5.45. The molecule has 5 nitrogen and oxygen atoms in total. The van der Waals surface area contributed by atoms with Crippen LogP contribution in [0.2, 0.25) is 0 Å². The Morgan fingerprint density at radius 3 is 2.65 bits per heavy atom. The van der Waals surface area contributed by atoms with Gasteiger partial charge in [0.2, 0.25) is 0 Å². The van der Waals surface area contributed by atoms with Gasteiger partial charge in [-0.1, -0.05) is 6.08 Å². The number of hydrogen-bond acceptors (Lipinski definition) is 4. The van der Waals surface area contributed by atoms with Crippen LogP contribution in [0.1, 0.15) is 27.2 Å². The standard InChI is InChI=1S/C15H27N3O2/c1-15(2,3)20-14(19)18-8-4-5-13(12-18)11-17-9-6-16-7-10-17/h5,16H,4,6-12H2,1-3H3. The molecule has 0 atom stereocenters. The third-order valence-electron chi connectivity index (χ3n) is 3.51. The van der Waals surface area contributed by atoms with E-state index < -0.39 is 5.60 Å². The van der Waals surface area contributed by atoms with Crippen LogP contribution in [0.3, 0.4) is 0 Å². The summed E-state index contributed by atoms with van der Waals surface area (Å²) in [6, 6.07) is 0. The minimum atomic E-state index is -0.420. The molecule has 0 spiro atoms. The number of nitrogens with one attached hydrogen (secondary N) is 1. The van der Waals surface area contributed by atoms with Crippen LogP contribution in [-0.2, 0) is 4.74 Å². The van der Waals surface area contributed by atoms with E-state index >= 15 is 0 Å². The van der Waals surface area contributed by atoms with Crippen molar-refractivity contribution in [3.05, 3.63) is 11.6 Å². The molecule has 1 fully saturated rings. The van der Waals surface area contributed by atoms with Gasteiger partial charge in [0.1, 0.15) is 5.60 Å². The summed E-state index contributed by atoms with van der Waals surface area (Å²) >= 11 is 0. The molecule has 1 amide bonds. The Hall–Kier alpha value is -1.07. The van der Waals surface area contributed by atoms with E-state index in [1.807, 2.05) is 25.7 Å². The molecular weight excluding hydrogens is 254 g/mol. The van der Waals surface area contributed by atoms with Crippen molar-refractivity contribution in [2.75, 3.05) is 45.8 Å². The molecule has 0 radical (unpaired) electrons. The summed E-state index contributed by atoms with van der Waals surface area (Å²) in [5.41, 5.74) is 0.917. The van der Waals surface area contributed by atoms with Crippen molar-refractivity contribution in [2.24, 2.45) is 0 Å². The Morgan fingerprint density at radius 2 is 2.00 bits per heavy atom. The number of hydrogen-bond donors (Lipinski definition) is 1. The first-order valence-corrected chi connectivity index (χ1v) is 7.53. The molecule has 0 unspecified atom stereocenters. The lowest BCUT2D eigenvalue weighted by molar-refractivity contribution is 0.0258. The molecule has 0 aliphatic carbocycles. The Kier molecular flexibility index (Phi) is 5.05. The van der Waals surface area contributed by atoms with Crippen LogP contribution >= 0.6 is 0 Å². The van der Waals surface area contributed by atoms with Crippen LogP contribution in [0.5, 0.6) is 0 Å². The highest BCUT2D eigenvalue weighted by atomic mass is 16.6. The zero-order valence-corrected chi connectivity index (χ0v) is 12.9. The maximum Gasteiger partial charge on any atom is 0.410 e. The lowest BCUT2D eigenvalue weighted by Crippen LogP contribution is -2.46. The van der Waals surface area contributed by atoms with Gasteiger partial charge in [0, 0.05) is 45.8 Å². The Morgan fingerprint density at radius 1 is 1.30 bits per heavy atom. The predicted molar refractivity (Wildman–Crippen MR) is 79.8 cm³/mol. The second-order valence-electron chi connectivity index (χ2n) is 6.58. The molecule has 1 N–H and O–H groups in total. The molecule has 0 bridgehead atoms. The first kappa shape index (κ1) is 15.3. The fourth-order valence-corrected chi connectivity index (χ4v) is 2.57. The highest BCUT2D eigenvalue weighted by Gasteiger charge is 2.25. The molecule has 0 aromatic carbocycles. The topological polar surface area (TPSA) is 44.8 Å². The molecule has 0 aromatic rings. The van der Waals surface area contributed by atoms with Gasteiger partial charge in [0.05, 0.1) is 0 Å². The van der Waals surface area contributed by atoms with Crippen molar-refractivity contribution >= 4 is 6.09 Å². The van der Waals surface area contributed by atoms with E-state index in [0.29, 0.717) is 6.54 Å². The summed E-state index contributed by atoms with van der Waals surface area (Å²) in [6.07, 6.45) is 3.02. The van der Waals surface area contributed by atoms with Crippen molar-refractivity contribution < 1.29 is 9.53 Å². The lowest BCUT2D eigenvalue weighted by atomic mass is 10.1. The average Bonchev–Trinajstić information content (AvgIpc) is 2.38. The minimum absolute atomic E-state index is 0.191. The second-order valence-corrected chi connectivity index (χ2v) is 6.58. The molecule has 20 heavy (non-hydrogen) atoms. The van der Waals surface area contributed by atoms with E-state index in [9.17, 15) is 4.79 Å². The fourth-order valence-electron chi connectivity index (χ4n) is 2.57. The van der Waals surface area contributed by atoms with Gasteiger partial charge in [0.25, 0.3) is 0 Å². The summed E-state index contributed by atoms with van der Waals surface area (Å²) in [6.45, 7) is 12.5. The van der Waals surface area contributed by atoms with Crippen molar-refractivity contribution in [2.45, 2.75) is 32.8 Å². The number of piperazine rings is 1. The van der Waals surface area contributed by atoms with Gasteiger partial charge in [-0.2, -0.15) is 0 Å². The average molecular weight is 281 g/mol. The smallest absolute Gasteiger partial charge is 0.410 e. The molecule has 2 rings (SSSR count). The summed E-state index contributed by atoms with van der Waals surface area (Å²) in [4.78, 5) is 16.4. The van der Waals surface area contributed by atoms with E-state index in [0.717, 1.165) is 45.7 Å². The number of carbonyl (C=O) groups is 1. The zero-order valence-electron chi connectivity index (χ0n) is 12.9. The number of ether oxygens (including phenoxy) is 1. The third-order valence-corrected chi connectivity index (χ3v) is 3.51. The first-order valence-electron chi connectivity index (χ1n) is 7.53. The molecule has 0 saturated carbocycles. The Labute approximate surface area is 121 Å². The second kappa shape index (κ2) is 6.59. The zero-order chi connectivity index (χ0) is 14.6. The van der Waals surface area contributed by atoms with E-state index in [-0.39, 0.29) is 6.09 Å². The van der Waals surface area contributed by atoms with Gasteiger partial charge < -0.3 is 15.0 Å². The quantitative estimate of drug-likeness (QED) is 0.778. The maximum absolute atomic E-state index is 12.1. The van der Waals surface area contributed by atoms with Crippen LogP contribution in [0.4, 0.5) is 4.79 Å². The molecule has 2 aliphatic rings. The molecule has 0 aromatic heterocycles. The van der Waals surface area contributed by atoms with E-state index in [2.05, 4.69) is 16.3 Å². The normalized spacial score (nSPS) is 21.6. The van der Waals surface area contributed by atoms with Crippen LogP contribution in [0.25, 0.3) is 0 Å². The summed E-state index contributed by atoms with van der Waals surface area (Å²) in [5, 5.41) is 3.36. The van der Waals surface area contributed by atoms with Gasteiger partial charge in [-0.05, 0) is 32.8 Å². The number of carbonyl (C=O) groups excluding carboxylic acids is 1. The highest BCUT2D eigenvalue weighted by molar-refractivity contribution is 5.68. The fraction of sp³-hybridized carbons (Fsp3) is 0.800. The SMILES string of the molecule is CC(C)(C)OC(=O)N1CCC=C(CN2CCNCC2)C1. The number of amides is 1. The van der Waals surface area contributed by atoms with Crippen molar-refractivity contribution in [1.82, 2.24) is 15.1 Å². The molecular formula is C15H27N3O2. The number of rotatable bonds is 2. The Balaban J connectivity index is 1.84. The number of nitrogens with zero attached hydrogens (tertiary/aromatic N) is 2. The molecule has 5 heteroatoms.